The van der Waals surface area contributed by atoms with Gasteiger partial charge in [0.15, 0.2) is 0 Å². The minimum absolute atomic E-state index is 0.0354. The molecule has 23 heavy (non-hydrogen) atoms. The van der Waals surface area contributed by atoms with Gasteiger partial charge in [0, 0.05) is 0 Å². The lowest BCUT2D eigenvalue weighted by molar-refractivity contribution is 0.0219. The fourth-order valence-electron chi connectivity index (χ4n) is 1.24. The third-order valence-corrected chi connectivity index (χ3v) is 3.63. The molecule has 10 nitrogen and oxygen atoms in total. The van der Waals surface area contributed by atoms with Crippen LogP contribution in [0.2, 0.25) is 0 Å². The van der Waals surface area contributed by atoms with Crippen LogP contribution in [0, 0.1) is 0 Å². The van der Waals surface area contributed by atoms with E-state index in [-0.39, 0.29) is 79.3 Å². The molecule has 0 aliphatic heterocycles. The van der Waals surface area contributed by atoms with Gasteiger partial charge in [-0.1, -0.05) is 0 Å². The van der Waals surface area contributed by atoms with E-state index in [0.717, 1.165) is 0 Å². The van der Waals surface area contributed by atoms with Crippen LogP contribution < -0.4 is 0 Å². The summed E-state index contributed by atoms with van der Waals surface area (Å²) in [4.78, 5) is 0. The minimum atomic E-state index is -3.79. The second kappa shape index (κ2) is 16.7. The third kappa shape index (κ3) is 15.2. The Morgan fingerprint density at radius 2 is 0.826 bits per heavy atom. The maximum atomic E-state index is 12.3. The van der Waals surface area contributed by atoms with E-state index in [2.05, 4.69) is 0 Å². The van der Waals surface area contributed by atoms with Gasteiger partial charge in [0.1, 0.15) is 0 Å². The summed E-state index contributed by atoms with van der Waals surface area (Å²) in [7, 11) is -3.79. The van der Waals surface area contributed by atoms with Crippen molar-refractivity contribution in [1.82, 2.24) is 0 Å². The van der Waals surface area contributed by atoms with E-state index in [0.29, 0.717) is 0 Å². The molecule has 0 spiro atoms. The third-order valence-electron chi connectivity index (χ3n) is 2.14. The summed E-state index contributed by atoms with van der Waals surface area (Å²) in [6.07, 6.45) is 0. The number of aliphatic hydroxyl groups excluding tert-OH is 3. The number of hydrogen-bond acceptors (Lipinski definition) is 10. The molecule has 0 heterocycles. The molecule has 0 aliphatic rings. The molecule has 0 aromatic carbocycles. The molecule has 11 heteroatoms. The average Bonchev–Trinajstić information content (AvgIpc) is 2.54. The van der Waals surface area contributed by atoms with Crippen molar-refractivity contribution in [1.29, 1.82) is 0 Å². The first-order chi connectivity index (χ1) is 11.2. The zero-order valence-corrected chi connectivity index (χ0v) is 14.0. The Balaban J connectivity index is 4.03. The number of phosphoric ester groups is 1. The molecule has 140 valence electrons. The van der Waals surface area contributed by atoms with Crippen LogP contribution in [-0.2, 0) is 32.3 Å². The van der Waals surface area contributed by atoms with E-state index in [1.54, 1.807) is 0 Å². The first kappa shape index (κ1) is 22.9. The van der Waals surface area contributed by atoms with Gasteiger partial charge < -0.3 is 29.5 Å². The van der Waals surface area contributed by atoms with E-state index in [9.17, 15) is 4.57 Å². The summed E-state index contributed by atoms with van der Waals surface area (Å²) in [5.41, 5.74) is 0. The molecule has 3 N–H and O–H groups in total. The Kier molecular flexibility index (Phi) is 16.6. The van der Waals surface area contributed by atoms with Crippen molar-refractivity contribution in [2.24, 2.45) is 0 Å². The number of hydrogen-bond donors (Lipinski definition) is 3. The van der Waals surface area contributed by atoms with Crippen LogP contribution >= 0.6 is 7.82 Å². The zero-order chi connectivity index (χ0) is 17.2. The van der Waals surface area contributed by atoms with Crippen molar-refractivity contribution in [2.45, 2.75) is 0 Å². The van der Waals surface area contributed by atoms with Crippen LogP contribution in [0.15, 0.2) is 0 Å². The number of rotatable bonds is 18. The van der Waals surface area contributed by atoms with Gasteiger partial charge in [0.2, 0.25) is 0 Å². The van der Waals surface area contributed by atoms with Crippen molar-refractivity contribution in [2.75, 3.05) is 79.3 Å². The molecule has 0 saturated heterocycles. The van der Waals surface area contributed by atoms with Crippen LogP contribution in [-0.4, -0.2) is 94.6 Å². The first-order valence-electron chi connectivity index (χ1n) is 7.28. The molecule has 0 radical (unpaired) electrons. The summed E-state index contributed by atoms with van der Waals surface area (Å²) >= 11 is 0. The maximum absolute atomic E-state index is 12.3. The highest BCUT2D eigenvalue weighted by Crippen LogP contribution is 2.49. The van der Waals surface area contributed by atoms with Gasteiger partial charge in [0.05, 0.1) is 79.3 Å². The highest BCUT2D eigenvalue weighted by molar-refractivity contribution is 7.48. The van der Waals surface area contributed by atoms with Gasteiger partial charge in [-0.05, 0) is 0 Å². The molecule has 0 saturated carbocycles. The molecule has 0 bridgehead atoms. The van der Waals surface area contributed by atoms with Crippen molar-refractivity contribution >= 4 is 7.82 Å². The smallest absolute Gasteiger partial charge is 0.394 e. The zero-order valence-electron chi connectivity index (χ0n) is 13.1. The van der Waals surface area contributed by atoms with E-state index in [4.69, 9.17) is 43.1 Å². The number of ether oxygens (including phenoxy) is 3. The van der Waals surface area contributed by atoms with Gasteiger partial charge in [-0.15, -0.1) is 0 Å². The molecular weight excluding hydrogens is 335 g/mol. The van der Waals surface area contributed by atoms with Gasteiger partial charge in [-0.2, -0.15) is 0 Å². The lowest BCUT2D eigenvalue weighted by Crippen LogP contribution is -2.13. The molecule has 0 rings (SSSR count). The molecule has 0 aromatic heterocycles. The maximum Gasteiger partial charge on any atom is 0.475 e. The second-order valence-corrected chi connectivity index (χ2v) is 5.62. The van der Waals surface area contributed by atoms with E-state index in [1.807, 2.05) is 0 Å². The molecule has 0 amide bonds. The lowest BCUT2D eigenvalue weighted by Gasteiger charge is -2.18. The molecule has 0 aliphatic carbocycles. The normalized spacial score (nSPS) is 12.0. The largest absolute Gasteiger partial charge is 0.475 e. The number of aliphatic hydroxyl groups is 3. The predicted molar refractivity (Wildman–Crippen MR) is 79.2 cm³/mol. The predicted octanol–water partition coefficient (Wildman–Crippen LogP) is -0.829. The van der Waals surface area contributed by atoms with E-state index >= 15 is 0 Å². The topological polar surface area (TPSA) is 133 Å². The van der Waals surface area contributed by atoms with Crippen molar-refractivity contribution in [3.8, 4) is 0 Å². The summed E-state index contributed by atoms with van der Waals surface area (Å²) in [5, 5.41) is 25.7. The Hall–Kier alpha value is -0.130. The number of phosphoric acid groups is 1. The summed E-state index contributed by atoms with van der Waals surface area (Å²) in [6, 6.07) is 0. The highest BCUT2D eigenvalue weighted by Gasteiger charge is 2.26. The molecule has 0 aromatic rings. The molecule has 0 fully saturated rings. The van der Waals surface area contributed by atoms with Crippen LogP contribution in [0.3, 0.4) is 0 Å². The quantitative estimate of drug-likeness (QED) is 0.210. The van der Waals surface area contributed by atoms with Gasteiger partial charge in [0.25, 0.3) is 0 Å². The van der Waals surface area contributed by atoms with Crippen LogP contribution in [0.5, 0.6) is 0 Å². The van der Waals surface area contributed by atoms with Gasteiger partial charge in [-0.3, -0.25) is 13.6 Å². The van der Waals surface area contributed by atoms with Crippen molar-refractivity contribution in [3.63, 3.8) is 0 Å². The SMILES string of the molecule is O=P(OCCOCCO)(OCCOCCO)OCCOCCO. The lowest BCUT2D eigenvalue weighted by atomic mass is 10.7. The standard InChI is InChI=1S/C12H27O10P/c13-1-4-17-7-10-20-23(16,21-11-8-18-5-2-14)22-12-9-19-6-3-15/h13-15H,1-12H2. The Labute approximate surface area is 135 Å². The van der Waals surface area contributed by atoms with E-state index in [1.165, 1.54) is 0 Å². The fourth-order valence-corrected chi connectivity index (χ4v) is 2.35. The minimum Gasteiger partial charge on any atom is -0.394 e. The van der Waals surface area contributed by atoms with Crippen LogP contribution in [0.4, 0.5) is 0 Å². The highest BCUT2D eigenvalue weighted by atomic mass is 31.2. The van der Waals surface area contributed by atoms with E-state index < -0.39 is 7.82 Å². The molecule has 0 atom stereocenters. The Morgan fingerprint density at radius 3 is 1.09 bits per heavy atom. The fraction of sp³-hybridized carbons (Fsp3) is 1.00. The monoisotopic (exact) mass is 362 g/mol. The van der Waals surface area contributed by atoms with Crippen LogP contribution in [0.1, 0.15) is 0 Å². The Morgan fingerprint density at radius 1 is 0.522 bits per heavy atom. The Bertz CT molecular complexity index is 248. The van der Waals surface area contributed by atoms with Gasteiger partial charge in [-0.25, -0.2) is 4.57 Å². The molecular formula is C12H27O10P. The van der Waals surface area contributed by atoms with Gasteiger partial charge >= 0.3 is 7.82 Å². The molecule has 0 unspecified atom stereocenters. The first-order valence-corrected chi connectivity index (χ1v) is 8.74. The summed E-state index contributed by atoms with van der Waals surface area (Å²) in [6.45, 7) is 0.375. The van der Waals surface area contributed by atoms with Crippen LogP contribution in [0.25, 0.3) is 0 Å². The van der Waals surface area contributed by atoms with Crippen molar-refractivity contribution in [3.05, 3.63) is 0 Å². The average molecular weight is 362 g/mol. The summed E-state index contributed by atoms with van der Waals surface area (Å²) in [5.74, 6) is 0. The van der Waals surface area contributed by atoms with Crippen molar-refractivity contribution < 1.29 is 47.7 Å². The summed E-state index contributed by atoms with van der Waals surface area (Å²) < 4.78 is 42.5. The second-order valence-electron chi connectivity index (χ2n) is 3.95.